The van der Waals surface area contributed by atoms with Crippen LogP contribution in [-0.4, -0.2) is 25.0 Å². The lowest BCUT2D eigenvalue weighted by Crippen LogP contribution is -2.29. The van der Waals surface area contributed by atoms with Crippen molar-refractivity contribution in [3.63, 3.8) is 0 Å². The molecule has 0 saturated heterocycles. The van der Waals surface area contributed by atoms with Gasteiger partial charge < -0.3 is 24.1 Å². The summed E-state index contributed by atoms with van der Waals surface area (Å²) in [7, 11) is 1.57. The van der Waals surface area contributed by atoms with Crippen LogP contribution < -0.4 is 14.2 Å². The smallest absolute Gasteiger partial charge is 0.342 e. The topological polar surface area (TPSA) is 74.2 Å². The lowest BCUT2D eigenvalue weighted by atomic mass is 9.87. The summed E-state index contributed by atoms with van der Waals surface area (Å²) in [6, 6.07) is 30.3. The van der Waals surface area contributed by atoms with E-state index in [1.807, 2.05) is 42.5 Å². The monoisotopic (exact) mass is 492 g/mol. The van der Waals surface area contributed by atoms with E-state index in [0.29, 0.717) is 45.9 Å². The SMILES string of the molecule is COc1ccc(C2(O)OC(=O)C(c3ccc4c(c3)OCO4)=C2Cc2ccc(-c3ccccc3)cc2)cc1. The Morgan fingerprint density at radius 2 is 1.49 bits per heavy atom. The van der Waals surface area contributed by atoms with E-state index >= 15 is 0 Å². The molecule has 6 rings (SSSR count). The van der Waals surface area contributed by atoms with Gasteiger partial charge in [0.1, 0.15) is 5.75 Å². The molecule has 4 aromatic rings. The second-order valence-corrected chi connectivity index (χ2v) is 8.92. The molecule has 0 saturated carbocycles. The average molecular weight is 493 g/mol. The Labute approximate surface area is 214 Å². The molecule has 0 fully saturated rings. The van der Waals surface area contributed by atoms with E-state index in [1.54, 1.807) is 49.6 Å². The summed E-state index contributed by atoms with van der Waals surface area (Å²) in [5.41, 5.74) is 4.92. The normalized spacial score (nSPS) is 18.2. The van der Waals surface area contributed by atoms with Gasteiger partial charge in [0.15, 0.2) is 11.5 Å². The number of cyclic esters (lactones) is 1. The van der Waals surface area contributed by atoms with Gasteiger partial charge in [0.25, 0.3) is 5.79 Å². The fraction of sp³-hybridized carbons (Fsp3) is 0.129. The third kappa shape index (κ3) is 4.11. The van der Waals surface area contributed by atoms with E-state index in [9.17, 15) is 9.90 Å². The van der Waals surface area contributed by atoms with Gasteiger partial charge in [-0.05, 0) is 58.7 Å². The zero-order valence-electron chi connectivity index (χ0n) is 20.1. The molecule has 0 spiro atoms. The second kappa shape index (κ2) is 9.15. The van der Waals surface area contributed by atoms with Crippen LogP contribution in [0, 0.1) is 0 Å². The maximum Gasteiger partial charge on any atom is 0.342 e. The number of carbonyl (C=O) groups excluding carboxylic acids is 1. The standard InChI is InChI=1S/C31H24O6/c1-34-25-14-12-24(13-15-25)31(33)26(17-20-7-9-22(10-8-20)21-5-3-2-4-6-21)29(30(32)37-31)23-11-16-27-28(18-23)36-19-35-27/h2-16,18,33H,17,19H2,1H3. The fourth-order valence-corrected chi connectivity index (χ4v) is 4.79. The highest BCUT2D eigenvalue weighted by Crippen LogP contribution is 2.46. The molecule has 1 N–H and O–H groups in total. The Morgan fingerprint density at radius 3 is 2.22 bits per heavy atom. The summed E-state index contributed by atoms with van der Waals surface area (Å²) in [5.74, 6) is -0.751. The number of aliphatic hydroxyl groups is 1. The number of carbonyl (C=O) groups is 1. The molecule has 184 valence electrons. The Morgan fingerprint density at radius 1 is 0.811 bits per heavy atom. The highest BCUT2D eigenvalue weighted by Gasteiger charge is 2.48. The number of rotatable bonds is 6. The van der Waals surface area contributed by atoms with Crippen LogP contribution in [0.3, 0.4) is 0 Å². The Bertz CT molecular complexity index is 1490. The molecule has 1 atom stereocenters. The molecule has 0 aromatic heterocycles. The maximum absolute atomic E-state index is 13.3. The van der Waals surface area contributed by atoms with Crippen molar-refractivity contribution in [2.45, 2.75) is 12.2 Å². The molecule has 0 radical (unpaired) electrons. The summed E-state index contributed by atoms with van der Waals surface area (Å²) < 4.78 is 21.9. The van der Waals surface area contributed by atoms with Gasteiger partial charge in [-0.1, -0.05) is 60.7 Å². The fourth-order valence-electron chi connectivity index (χ4n) is 4.79. The van der Waals surface area contributed by atoms with Crippen LogP contribution in [-0.2, 0) is 21.7 Å². The number of methoxy groups -OCH3 is 1. The van der Waals surface area contributed by atoms with Gasteiger partial charge in [-0.25, -0.2) is 4.79 Å². The van der Waals surface area contributed by atoms with Crippen LogP contribution >= 0.6 is 0 Å². The van der Waals surface area contributed by atoms with Crippen molar-refractivity contribution in [3.05, 3.63) is 119 Å². The molecule has 1 unspecified atom stereocenters. The van der Waals surface area contributed by atoms with Crippen LogP contribution in [0.2, 0.25) is 0 Å². The van der Waals surface area contributed by atoms with Crippen molar-refractivity contribution in [2.24, 2.45) is 0 Å². The maximum atomic E-state index is 13.3. The van der Waals surface area contributed by atoms with Crippen LogP contribution in [0.15, 0.2) is 103 Å². The summed E-state index contributed by atoms with van der Waals surface area (Å²) >= 11 is 0. The first-order chi connectivity index (χ1) is 18.0. The first-order valence-corrected chi connectivity index (χ1v) is 11.9. The molecular formula is C31H24O6. The van der Waals surface area contributed by atoms with Gasteiger partial charge >= 0.3 is 5.97 Å². The van der Waals surface area contributed by atoms with Crippen LogP contribution in [0.25, 0.3) is 16.7 Å². The van der Waals surface area contributed by atoms with Crippen molar-refractivity contribution in [1.82, 2.24) is 0 Å². The van der Waals surface area contributed by atoms with Gasteiger partial charge in [-0.2, -0.15) is 0 Å². The predicted molar refractivity (Wildman–Crippen MR) is 138 cm³/mol. The molecule has 2 aliphatic rings. The zero-order chi connectivity index (χ0) is 25.4. The molecule has 2 heterocycles. The van der Waals surface area contributed by atoms with Crippen LogP contribution in [0.4, 0.5) is 0 Å². The largest absolute Gasteiger partial charge is 0.497 e. The molecule has 37 heavy (non-hydrogen) atoms. The number of ether oxygens (including phenoxy) is 4. The van der Waals surface area contributed by atoms with E-state index in [4.69, 9.17) is 18.9 Å². The number of hydrogen-bond donors (Lipinski definition) is 1. The Balaban J connectivity index is 1.44. The van der Waals surface area contributed by atoms with Crippen molar-refractivity contribution in [3.8, 4) is 28.4 Å². The lowest BCUT2D eigenvalue weighted by Gasteiger charge is -2.26. The van der Waals surface area contributed by atoms with E-state index in [2.05, 4.69) is 12.1 Å². The Hall–Kier alpha value is -4.55. The molecule has 4 aromatic carbocycles. The van der Waals surface area contributed by atoms with E-state index in [0.717, 1.165) is 16.7 Å². The van der Waals surface area contributed by atoms with Gasteiger partial charge in [0.05, 0.1) is 12.7 Å². The van der Waals surface area contributed by atoms with Crippen molar-refractivity contribution >= 4 is 11.5 Å². The van der Waals surface area contributed by atoms with Gasteiger partial charge in [-0.15, -0.1) is 0 Å². The molecule has 0 bridgehead atoms. The highest BCUT2D eigenvalue weighted by molar-refractivity contribution is 6.20. The first kappa shape index (κ1) is 22.9. The minimum absolute atomic E-state index is 0.124. The molecule has 6 nitrogen and oxygen atoms in total. The third-order valence-corrected chi connectivity index (χ3v) is 6.74. The predicted octanol–water partition coefficient (Wildman–Crippen LogP) is 5.49. The minimum Gasteiger partial charge on any atom is -0.497 e. The summed E-state index contributed by atoms with van der Waals surface area (Å²) in [5, 5.41) is 11.9. The van der Waals surface area contributed by atoms with Gasteiger partial charge in [0, 0.05) is 17.6 Å². The molecule has 6 heteroatoms. The van der Waals surface area contributed by atoms with Gasteiger partial charge in [0.2, 0.25) is 6.79 Å². The molecule has 0 amide bonds. The molecule has 2 aliphatic heterocycles. The summed E-state index contributed by atoms with van der Waals surface area (Å²) in [6.45, 7) is 0.124. The Kier molecular flexibility index (Phi) is 5.66. The quantitative estimate of drug-likeness (QED) is 0.359. The number of fused-ring (bicyclic) bond motifs is 1. The van der Waals surface area contributed by atoms with Crippen molar-refractivity contribution < 1.29 is 28.8 Å². The molecule has 0 aliphatic carbocycles. The van der Waals surface area contributed by atoms with Crippen LogP contribution in [0.1, 0.15) is 16.7 Å². The van der Waals surface area contributed by atoms with E-state index < -0.39 is 11.8 Å². The second-order valence-electron chi connectivity index (χ2n) is 8.92. The van der Waals surface area contributed by atoms with Gasteiger partial charge in [-0.3, -0.25) is 0 Å². The van der Waals surface area contributed by atoms with Crippen molar-refractivity contribution in [2.75, 3.05) is 13.9 Å². The van der Waals surface area contributed by atoms with Crippen LogP contribution in [0.5, 0.6) is 17.2 Å². The summed E-state index contributed by atoms with van der Waals surface area (Å²) in [4.78, 5) is 13.3. The number of benzene rings is 4. The zero-order valence-corrected chi connectivity index (χ0v) is 20.1. The van der Waals surface area contributed by atoms with E-state index in [-0.39, 0.29) is 6.79 Å². The van der Waals surface area contributed by atoms with E-state index in [1.165, 1.54) is 0 Å². The van der Waals surface area contributed by atoms with Crippen molar-refractivity contribution in [1.29, 1.82) is 0 Å². The first-order valence-electron chi connectivity index (χ1n) is 11.9. The third-order valence-electron chi connectivity index (χ3n) is 6.74. The average Bonchev–Trinajstić information content (AvgIpc) is 3.51. The lowest BCUT2D eigenvalue weighted by molar-refractivity contribution is -0.185. The minimum atomic E-state index is -1.94. The number of hydrogen-bond acceptors (Lipinski definition) is 6. The number of esters is 1. The highest BCUT2D eigenvalue weighted by atomic mass is 16.7. The molecular weight excluding hydrogens is 468 g/mol. The summed E-state index contributed by atoms with van der Waals surface area (Å²) in [6.07, 6.45) is 0.299.